The smallest absolute Gasteiger partial charge is 0.208 e. The fraction of sp³-hybridized carbons (Fsp3) is 0. The lowest BCUT2D eigenvalue weighted by Crippen LogP contribution is -1.95. The molecule has 0 radical (unpaired) electrons. The number of halogens is 2. The highest BCUT2D eigenvalue weighted by atomic mass is 35.5. The molecule has 1 aromatic carbocycles. The van der Waals surface area contributed by atoms with Crippen molar-refractivity contribution in [3.63, 3.8) is 0 Å². The zero-order chi connectivity index (χ0) is 11.8. The van der Waals surface area contributed by atoms with Gasteiger partial charge in [0, 0.05) is 10.6 Å². The Kier molecular flexibility index (Phi) is 2.42. The van der Waals surface area contributed by atoms with Gasteiger partial charge in [0.15, 0.2) is 0 Å². The summed E-state index contributed by atoms with van der Waals surface area (Å²) in [5, 5.41) is 12.8. The maximum Gasteiger partial charge on any atom is 0.272 e. The Morgan fingerprint density at radius 1 is 1.18 bits per heavy atom. The zero-order valence-electron chi connectivity index (χ0n) is 8.38. The molecule has 0 spiro atoms. The summed E-state index contributed by atoms with van der Waals surface area (Å²) in [4.78, 5) is 4.29. The van der Waals surface area contributed by atoms with Crippen molar-refractivity contribution < 1.29 is 0 Å². The quantitative estimate of drug-likeness (QED) is 0.679. The van der Waals surface area contributed by atoms with Gasteiger partial charge in [-0.1, -0.05) is 23.2 Å². The van der Waals surface area contributed by atoms with Crippen LogP contribution in [0.2, 0.25) is 10.0 Å². The lowest BCUT2D eigenvalue weighted by molar-refractivity contribution is 0.901. The predicted octanol–water partition coefficient (Wildman–Crippen LogP) is 2.49. The van der Waals surface area contributed by atoms with E-state index in [1.54, 1.807) is 24.4 Å². The fourth-order valence-electron chi connectivity index (χ4n) is 1.46. The molecule has 0 saturated carbocycles. The summed E-state index contributed by atoms with van der Waals surface area (Å²) in [5.74, 6) is 0.415. The normalized spacial score (nSPS) is 10.9. The van der Waals surface area contributed by atoms with E-state index >= 15 is 0 Å². The van der Waals surface area contributed by atoms with Crippen molar-refractivity contribution in [1.29, 1.82) is 0 Å². The molecule has 0 aliphatic rings. The van der Waals surface area contributed by atoms with Gasteiger partial charge in [-0.25, -0.2) is 4.98 Å². The molecule has 0 fully saturated rings. The summed E-state index contributed by atoms with van der Waals surface area (Å²) < 4.78 is 1.47. The molecule has 2 aromatic heterocycles. The molecular formula is C10H5Cl2N5. The molecule has 3 aromatic rings. The first-order valence-corrected chi connectivity index (χ1v) is 5.48. The third-order valence-corrected chi connectivity index (χ3v) is 2.81. The van der Waals surface area contributed by atoms with E-state index in [-0.39, 0.29) is 0 Å². The summed E-state index contributed by atoms with van der Waals surface area (Å²) in [6.45, 7) is 0. The SMILES string of the molecule is Clc1ccc(Cl)c(-c2cnn3cnnc3n2)c1. The van der Waals surface area contributed by atoms with Crippen LogP contribution in [0.25, 0.3) is 17.0 Å². The third-order valence-electron chi connectivity index (χ3n) is 2.24. The third kappa shape index (κ3) is 1.83. The van der Waals surface area contributed by atoms with Gasteiger partial charge >= 0.3 is 0 Å². The number of aromatic nitrogens is 5. The maximum absolute atomic E-state index is 6.09. The zero-order valence-corrected chi connectivity index (χ0v) is 9.89. The van der Waals surface area contributed by atoms with E-state index in [4.69, 9.17) is 23.2 Å². The van der Waals surface area contributed by atoms with Crippen LogP contribution >= 0.6 is 23.2 Å². The van der Waals surface area contributed by atoms with Crippen LogP contribution in [0, 0.1) is 0 Å². The lowest BCUT2D eigenvalue weighted by atomic mass is 10.2. The van der Waals surface area contributed by atoms with Gasteiger partial charge in [-0.15, -0.1) is 10.2 Å². The minimum absolute atomic E-state index is 0.415. The van der Waals surface area contributed by atoms with Crippen LogP contribution in [0.3, 0.4) is 0 Å². The van der Waals surface area contributed by atoms with E-state index in [2.05, 4.69) is 20.3 Å². The molecule has 17 heavy (non-hydrogen) atoms. The van der Waals surface area contributed by atoms with Gasteiger partial charge < -0.3 is 0 Å². The van der Waals surface area contributed by atoms with Crippen molar-refractivity contribution in [2.45, 2.75) is 0 Å². The minimum atomic E-state index is 0.415. The van der Waals surface area contributed by atoms with Crippen molar-refractivity contribution in [2.24, 2.45) is 0 Å². The van der Waals surface area contributed by atoms with E-state index in [1.165, 1.54) is 10.8 Å². The summed E-state index contributed by atoms with van der Waals surface area (Å²) in [6, 6.07) is 5.17. The molecule has 0 unspecified atom stereocenters. The van der Waals surface area contributed by atoms with Gasteiger partial charge in [0.05, 0.1) is 16.9 Å². The lowest BCUT2D eigenvalue weighted by Gasteiger charge is -2.03. The van der Waals surface area contributed by atoms with Crippen LogP contribution in [0.1, 0.15) is 0 Å². The molecule has 5 nitrogen and oxygen atoms in total. The second-order valence-electron chi connectivity index (χ2n) is 3.34. The number of rotatable bonds is 1. The molecule has 2 heterocycles. The first-order valence-electron chi connectivity index (χ1n) is 4.72. The highest BCUT2D eigenvalue weighted by Crippen LogP contribution is 2.28. The van der Waals surface area contributed by atoms with E-state index in [0.29, 0.717) is 21.5 Å². The van der Waals surface area contributed by atoms with E-state index in [1.807, 2.05) is 0 Å². The molecule has 0 bridgehead atoms. The molecule has 0 amide bonds. The number of benzene rings is 1. The van der Waals surface area contributed by atoms with Crippen molar-refractivity contribution >= 4 is 29.0 Å². The monoisotopic (exact) mass is 265 g/mol. The largest absolute Gasteiger partial charge is 0.272 e. The van der Waals surface area contributed by atoms with E-state index in [0.717, 1.165) is 5.56 Å². The molecular weight excluding hydrogens is 261 g/mol. The van der Waals surface area contributed by atoms with Gasteiger partial charge in [-0.2, -0.15) is 9.61 Å². The number of nitrogens with zero attached hydrogens (tertiary/aromatic N) is 5. The minimum Gasteiger partial charge on any atom is -0.208 e. The first-order chi connectivity index (χ1) is 8.24. The highest BCUT2D eigenvalue weighted by Gasteiger charge is 2.08. The second-order valence-corrected chi connectivity index (χ2v) is 4.18. The van der Waals surface area contributed by atoms with Gasteiger partial charge in [0.25, 0.3) is 5.78 Å². The van der Waals surface area contributed by atoms with Crippen molar-refractivity contribution in [1.82, 2.24) is 24.8 Å². The average molecular weight is 266 g/mol. The summed E-state index contributed by atoms with van der Waals surface area (Å²) in [5.41, 5.74) is 1.33. The Labute approximate surface area is 106 Å². The van der Waals surface area contributed by atoms with Gasteiger partial charge in [-0.05, 0) is 18.2 Å². The molecule has 7 heteroatoms. The molecule has 0 N–H and O–H groups in total. The van der Waals surface area contributed by atoms with Gasteiger partial charge in [0.1, 0.15) is 6.33 Å². The topological polar surface area (TPSA) is 56.0 Å². The average Bonchev–Trinajstić information content (AvgIpc) is 2.79. The fourth-order valence-corrected chi connectivity index (χ4v) is 1.84. The predicted molar refractivity (Wildman–Crippen MR) is 64.0 cm³/mol. The Balaban J connectivity index is 2.22. The van der Waals surface area contributed by atoms with Crippen LogP contribution in [0.5, 0.6) is 0 Å². The highest BCUT2D eigenvalue weighted by molar-refractivity contribution is 6.35. The van der Waals surface area contributed by atoms with Crippen LogP contribution in [-0.4, -0.2) is 24.8 Å². The maximum atomic E-state index is 6.09. The number of fused-ring (bicyclic) bond motifs is 1. The second kappa shape index (κ2) is 3.94. The molecule has 0 aliphatic heterocycles. The molecule has 84 valence electrons. The number of hydrogen-bond acceptors (Lipinski definition) is 4. The molecule has 0 saturated heterocycles. The Morgan fingerprint density at radius 3 is 2.94 bits per heavy atom. The van der Waals surface area contributed by atoms with E-state index < -0.39 is 0 Å². The molecule has 3 rings (SSSR count). The molecule has 0 aliphatic carbocycles. The van der Waals surface area contributed by atoms with Crippen molar-refractivity contribution in [2.75, 3.05) is 0 Å². The van der Waals surface area contributed by atoms with Crippen LogP contribution < -0.4 is 0 Å². The summed E-state index contributed by atoms with van der Waals surface area (Å²) in [6.07, 6.45) is 3.07. The Hall–Kier alpha value is -1.72. The van der Waals surface area contributed by atoms with Crippen LogP contribution in [0.4, 0.5) is 0 Å². The molecule has 0 atom stereocenters. The van der Waals surface area contributed by atoms with Crippen LogP contribution in [-0.2, 0) is 0 Å². The van der Waals surface area contributed by atoms with Crippen molar-refractivity contribution in [3.05, 3.63) is 40.8 Å². The standard InChI is InChI=1S/C10H5Cl2N5/c11-6-1-2-8(12)7(3-6)9-4-14-17-5-13-16-10(17)15-9/h1-5H. The van der Waals surface area contributed by atoms with Gasteiger partial charge in [-0.3, -0.25) is 0 Å². The van der Waals surface area contributed by atoms with E-state index in [9.17, 15) is 0 Å². The van der Waals surface area contributed by atoms with Gasteiger partial charge in [0.2, 0.25) is 0 Å². The Bertz CT molecular complexity index is 694. The summed E-state index contributed by atoms with van der Waals surface area (Å²) in [7, 11) is 0. The van der Waals surface area contributed by atoms with Crippen LogP contribution in [0.15, 0.2) is 30.7 Å². The first kappa shape index (κ1) is 10.4. The Morgan fingerprint density at radius 2 is 2.06 bits per heavy atom. The number of hydrogen-bond donors (Lipinski definition) is 0. The summed E-state index contributed by atoms with van der Waals surface area (Å²) >= 11 is 12.0. The van der Waals surface area contributed by atoms with Crippen molar-refractivity contribution in [3.8, 4) is 11.3 Å².